The molecular weight excluding hydrogens is 673 g/mol. The zero-order valence-electron chi connectivity index (χ0n) is 29.3. The summed E-state index contributed by atoms with van der Waals surface area (Å²) < 4.78 is 0. The van der Waals surface area contributed by atoms with Crippen LogP contribution in [0.15, 0.2) is 204 Å². The average Bonchev–Trinajstić information content (AvgIpc) is 3.54. The van der Waals surface area contributed by atoms with Crippen molar-refractivity contribution in [2.75, 3.05) is 0 Å². The van der Waals surface area contributed by atoms with Crippen LogP contribution in [0.4, 0.5) is 0 Å². The summed E-state index contributed by atoms with van der Waals surface area (Å²) in [4.78, 5) is 13.2. The summed E-state index contributed by atoms with van der Waals surface area (Å²) in [6.45, 7) is 0. The summed E-state index contributed by atoms with van der Waals surface area (Å²) in [5.41, 5.74) is 14.7. The van der Waals surface area contributed by atoms with Gasteiger partial charge in [0.15, 0.2) is 5.82 Å². The maximum absolute atomic E-state index is 5.36. The second kappa shape index (κ2) is 12.3. The van der Waals surface area contributed by atoms with Crippen LogP contribution in [0.2, 0.25) is 0 Å². The van der Waals surface area contributed by atoms with E-state index in [2.05, 4.69) is 188 Å². The van der Waals surface area contributed by atoms with Crippen molar-refractivity contribution in [1.29, 1.82) is 0 Å². The molecule has 8 aromatic carbocycles. The third-order valence-corrected chi connectivity index (χ3v) is 12.3. The number of hydrogen-bond donors (Lipinski definition) is 0. The maximum Gasteiger partial charge on any atom is 0.160 e. The van der Waals surface area contributed by atoms with Gasteiger partial charge in [-0.3, -0.25) is 0 Å². The fraction of sp³-hybridized carbons (Fsp3) is 0.0196. The minimum absolute atomic E-state index is 0.448. The van der Waals surface area contributed by atoms with Crippen molar-refractivity contribution in [3.63, 3.8) is 0 Å². The second-order valence-electron chi connectivity index (χ2n) is 14.1. The lowest BCUT2D eigenvalue weighted by atomic mass is 9.67. The summed E-state index contributed by atoms with van der Waals surface area (Å²) in [5, 5.41) is 2.49. The molecule has 0 fully saturated rings. The maximum atomic E-state index is 5.36. The minimum atomic E-state index is -0.448. The van der Waals surface area contributed by atoms with E-state index in [1.807, 2.05) is 17.8 Å². The lowest BCUT2D eigenvalue weighted by Crippen LogP contribution is -2.31. The molecule has 2 nitrogen and oxygen atoms in total. The largest absolute Gasteiger partial charge is 0.228 e. The number of nitrogens with zero attached hydrogens (tertiary/aromatic N) is 2. The molecule has 0 bridgehead atoms. The molecule has 1 spiro atoms. The zero-order valence-corrected chi connectivity index (χ0v) is 30.1. The van der Waals surface area contributed by atoms with Crippen LogP contribution in [-0.4, -0.2) is 9.97 Å². The van der Waals surface area contributed by atoms with Gasteiger partial charge in [-0.1, -0.05) is 188 Å². The van der Waals surface area contributed by atoms with Gasteiger partial charge in [0.05, 0.1) is 16.8 Å². The molecule has 1 aromatic heterocycles. The Morgan fingerprint density at radius 3 is 1.72 bits per heavy atom. The van der Waals surface area contributed by atoms with E-state index in [4.69, 9.17) is 9.97 Å². The van der Waals surface area contributed by atoms with Crippen LogP contribution in [0.5, 0.6) is 0 Å². The smallest absolute Gasteiger partial charge is 0.160 e. The first-order valence-corrected chi connectivity index (χ1v) is 19.2. The van der Waals surface area contributed by atoms with Crippen molar-refractivity contribution < 1.29 is 0 Å². The standard InChI is InChI=1S/C51H32N2S/c1-2-15-36(16-3-1)50-52-45(35-30-28-34(29-31-35)38-20-12-17-33-14-4-5-18-37(33)38)32-46(53-50)40-21-13-25-44-49(40)39-19-6-7-22-41(39)51(44)42-23-8-10-26-47(42)54-48-27-11-9-24-43(48)51/h1-32H. The number of fused-ring (bicyclic) bond motifs is 10. The Hall–Kier alpha value is -6.55. The third-order valence-electron chi connectivity index (χ3n) is 11.2. The molecule has 3 heteroatoms. The summed E-state index contributed by atoms with van der Waals surface area (Å²) in [7, 11) is 0. The van der Waals surface area contributed by atoms with Crippen molar-refractivity contribution in [2.45, 2.75) is 15.2 Å². The molecule has 2 heterocycles. The molecule has 1 aliphatic heterocycles. The van der Waals surface area contributed by atoms with Gasteiger partial charge >= 0.3 is 0 Å². The van der Waals surface area contributed by atoms with Crippen LogP contribution in [0, 0.1) is 0 Å². The number of rotatable bonds is 4. The molecule has 252 valence electrons. The summed E-state index contributed by atoms with van der Waals surface area (Å²) in [6.07, 6.45) is 0. The first kappa shape index (κ1) is 31.0. The van der Waals surface area contributed by atoms with Crippen molar-refractivity contribution in [3.05, 3.63) is 216 Å². The molecule has 0 unspecified atom stereocenters. The van der Waals surface area contributed by atoms with E-state index < -0.39 is 5.41 Å². The molecule has 2 aliphatic rings. The first-order chi connectivity index (χ1) is 26.8. The fourth-order valence-corrected chi connectivity index (χ4v) is 10.1. The highest BCUT2D eigenvalue weighted by Crippen LogP contribution is 2.63. The van der Waals surface area contributed by atoms with E-state index >= 15 is 0 Å². The Morgan fingerprint density at radius 2 is 0.926 bits per heavy atom. The van der Waals surface area contributed by atoms with Gasteiger partial charge in [0.1, 0.15) is 0 Å². The van der Waals surface area contributed by atoms with Crippen LogP contribution in [-0.2, 0) is 5.41 Å². The van der Waals surface area contributed by atoms with Crippen molar-refractivity contribution >= 4 is 22.5 Å². The highest BCUT2D eigenvalue weighted by atomic mass is 32.2. The summed E-state index contributed by atoms with van der Waals surface area (Å²) >= 11 is 1.87. The number of benzene rings is 8. The molecule has 0 atom stereocenters. The molecule has 54 heavy (non-hydrogen) atoms. The van der Waals surface area contributed by atoms with Gasteiger partial charge in [0.2, 0.25) is 0 Å². The van der Waals surface area contributed by atoms with Gasteiger partial charge < -0.3 is 0 Å². The highest BCUT2D eigenvalue weighted by molar-refractivity contribution is 7.99. The SMILES string of the molecule is c1ccc(-c2nc(-c3ccc(-c4cccc5ccccc45)cc3)cc(-c3cccc4c3-c3ccccc3C43c4ccccc4Sc4ccccc43)n2)cc1. The molecule has 9 aromatic rings. The molecule has 0 radical (unpaired) electrons. The average molecular weight is 705 g/mol. The van der Waals surface area contributed by atoms with Gasteiger partial charge in [-0.2, -0.15) is 0 Å². The van der Waals surface area contributed by atoms with E-state index in [1.54, 1.807) is 0 Å². The number of hydrogen-bond acceptors (Lipinski definition) is 3. The van der Waals surface area contributed by atoms with E-state index in [0.29, 0.717) is 5.82 Å². The second-order valence-corrected chi connectivity index (χ2v) is 15.1. The Morgan fingerprint density at radius 1 is 0.370 bits per heavy atom. The van der Waals surface area contributed by atoms with Crippen molar-refractivity contribution in [1.82, 2.24) is 9.97 Å². The van der Waals surface area contributed by atoms with Gasteiger partial charge in [-0.25, -0.2) is 9.97 Å². The summed E-state index contributed by atoms with van der Waals surface area (Å²) in [6, 6.07) is 70.2. The molecule has 0 saturated carbocycles. The van der Waals surface area contributed by atoms with E-state index in [9.17, 15) is 0 Å². The van der Waals surface area contributed by atoms with Crippen LogP contribution in [0.25, 0.3) is 66.9 Å². The van der Waals surface area contributed by atoms with Crippen LogP contribution in [0.1, 0.15) is 22.3 Å². The molecule has 1 aliphatic carbocycles. The zero-order chi connectivity index (χ0) is 35.6. The van der Waals surface area contributed by atoms with Crippen LogP contribution in [0.3, 0.4) is 0 Å². The van der Waals surface area contributed by atoms with Gasteiger partial charge in [0.25, 0.3) is 0 Å². The van der Waals surface area contributed by atoms with Gasteiger partial charge in [0, 0.05) is 26.5 Å². The van der Waals surface area contributed by atoms with E-state index in [0.717, 1.165) is 28.1 Å². The molecule has 11 rings (SSSR count). The van der Waals surface area contributed by atoms with Gasteiger partial charge in [-0.05, 0) is 73.5 Å². The van der Waals surface area contributed by atoms with E-state index in [-0.39, 0.29) is 0 Å². The van der Waals surface area contributed by atoms with Crippen LogP contribution >= 0.6 is 11.8 Å². The minimum Gasteiger partial charge on any atom is -0.228 e. The predicted octanol–water partition coefficient (Wildman–Crippen LogP) is 13.1. The Bertz CT molecular complexity index is 2860. The van der Waals surface area contributed by atoms with Crippen molar-refractivity contribution in [2.24, 2.45) is 0 Å². The lowest BCUT2D eigenvalue weighted by Gasteiger charge is -2.39. The fourth-order valence-electron chi connectivity index (χ4n) is 8.86. The first-order valence-electron chi connectivity index (χ1n) is 18.4. The normalized spacial score (nSPS) is 13.3. The quantitative estimate of drug-likeness (QED) is 0.182. The van der Waals surface area contributed by atoms with Crippen molar-refractivity contribution in [3.8, 4) is 56.2 Å². The van der Waals surface area contributed by atoms with Gasteiger partial charge in [-0.15, -0.1) is 0 Å². The highest BCUT2D eigenvalue weighted by Gasteiger charge is 2.50. The lowest BCUT2D eigenvalue weighted by molar-refractivity contribution is 0.722. The molecule has 0 saturated heterocycles. The third kappa shape index (κ3) is 4.62. The molecule has 0 amide bonds. The monoisotopic (exact) mass is 704 g/mol. The Balaban J connectivity index is 1.13. The Kier molecular flexibility index (Phi) is 7.05. The van der Waals surface area contributed by atoms with Crippen LogP contribution < -0.4 is 0 Å². The predicted molar refractivity (Wildman–Crippen MR) is 223 cm³/mol. The topological polar surface area (TPSA) is 25.8 Å². The number of aromatic nitrogens is 2. The Labute approximate surface area is 318 Å². The summed E-state index contributed by atoms with van der Waals surface area (Å²) in [5.74, 6) is 0.713. The van der Waals surface area contributed by atoms with E-state index in [1.165, 1.54) is 65.1 Å². The molecular formula is C51H32N2S. The molecule has 0 N–H and O–H groups in total.